The van der Waals surface area contributed by atoms with Crippen LogP contribution in [-0.4, -0.2) is 42.9 Å². The second-order valence-corrected chi connectivity index (χ2v) is 5.09. The number of amides is 2. The molecule has 0 aromatic rings. The third kappa shape index (κ3) is 5.46. The van der Waals surface area contributed by atoms with Gasteiger partial charge in [-0.25, -0.2) is 4.79 Å². The Labute approximate surface area is 113 Å². The van der Waals surface area contributed by atoms with Crippen LogP contribution in [0.2, 0.25) is 0 Å². The molecule has 110 valence electrons. The number of hydrogen-bond donors (Lipinski definition) is 3. The van der Waals surface area contributed by atoms with Crippen LogP contribution in [0, 0.1) is 5.92 Å². The van der Waals surface area contributed by atoms with Crippen molar-refractivity contribution in [2.24, 2.45) is 5.92 Å². The van der Waals surface area contributed by atoms with Gasteiger partial charge in [0.25, 0.3) is 0 Å². The monoisotopic (exact) mass is 272 g/mol. The number of carboxylic acid groups (broad SMARTS) is 1. The van der Waals surface area contributed by atoms with Crippen molar-refractivity contribution in [1.29, 1.82) is 0 Å². The summed E-state index contributed by atoms with van der Waals surface area (Å²) in [4.78, 5) is 23.0. The molecule has 3 atom stereocenters. The normalized spacial score (nSPS) is 25.2. The summed E-state index contributed by atoms with van der Waals surface area (Å²) in [6.07, 6.45) is 4.21. The third-order valence-corrected chi connectivity index (χ3v) is 3.60. The molecule has 0 aromatic heterocycles. The largest absolute Gasteiger partial charge is 0.481 e. The van der Waals surface area contributed by atoms with Crippen molar-refractivity contribution < 1.29 is 19.4 Å². The molecule has 1 aliphatic carbocycles. The van der Waals surface area contributed by atoms with Crippen LogP contribution in [-0.2, 0) is 9.53 Å². The van der Waals surface area contributed by atoms with Crippen molar-refractivity contribution in [3.8, 4) is 0 Å². The van der Waals surface area contributed by atoms with Gasteiger partial charge in [0.2, 0.25) is 0 Å². The summed E-state index contributed by atoms with van der Waals surface area (Å²) in [6, 6.07) is -0.597. The molecule has 6 heteroatoms. The average molecular weight is 272 g/mol. The Balaban J connectivity index is 2.46. The van der Waals surface area contributed by atoms with Crippen LogP contribution in [0.25, 0.3) is 0 Å². The van der Waals surface area contributed by atoms with Crippen molar-refractivity contribution in [3.05, 3.63) is 0 Å². The Morgan fingerprint density at radius 1 is 1.32 bits per heavy atom. The summed E-state index contributed by atoms with van der Waals surface area (Å²) in [5, 5.41) is 14.7. The molecule has 0 radical (unpaired) electrons. The molecule has 19 heavy (non-hydrogen) atoms. The van der Waals surface area contributed by atoms with E-state index in [0.717, 1.165) is 25.7 Å². The van der Waals surface area contributed by atoms with Gasteiger partial charge in [-0.05, 0) is 19.8 Å². The number of ether oxygens (including phenoxy) is 1. The molecule has 1 fully saturated rings. The zero-order chi connectivity index (χ0) is 14.3. The highest BCUT2D eigenvalue weighted by Crippen LogP contribution is 2.23. The van der Waals surface area contributed by atoms with Gasteiger partial charge in [0.05, 0.1) is 12.0 Å². The summed E-state index contributed by atoms with van der Waals surface area (Å²) in [7, 11) is 1.58. The highest BCUT2D eigenvalue weighted by molar-refractivity contribution is 5.76. The van der Waals surface area contributed by atoms with Gasteiger partial charge in [-0.3, -0.25) is 4.79 Å². The van der Waals surface area contributed by atoms with E-state index in [-0.39, 0.29) is 18.2 Å². The number of carbonyl (C=O) groups excluding carboxylic acids is 1. The number of carboxylic acids is 1. The van der Waals surface area contributed by atoms with E-state index >= 15 is 0 Å². The van der Waals surface area contributed by atoms with E-state index in [1.807, 2.05) is 6.92 Å². The quantitative estimate of drug-likeness (QED) is 0.659. The number of urea groups is 1. The van der Waals surface area contributed by atoms with Gasteiger partial charge in [-0.15, -0.1) is 0 Å². The lowest BCUT2D eigenvalue weighted by Gasteiger charge is -2.23. The lowest BCUT2D eigenvalue weighted by atomic mass is 9.95. The molecule has 1 aliphatic rings. The van der Waals surface area contributed by atoms with E-state index < -0.39 is 11.9 Å². The maximum absolute atomic E-state index is 11.7. The van der Waals surface area contributed by atoms with Crippen molar-refractivity contribution in [3.63, 3.8) is 0 Å². The maximum atomic E-state index is 11.7. The predicted octanol–water partition coefficient (Wildman–Crippen LogP) is 1.35. The van der Waals surface area contributed by atoms with Crippen LogP contribution < -0.4 is 10.6 Å². The van der Waals surface area contributed by atoms with E-state index in [1.165, 1.54) is 0 Å². The number of methoxy groups -OCH3 is 1. The molecule has 0 aromatic carbocycles. The second kappa shape index (κ2) is 7.99. The first-order chi connectivity index (χ1) is 9.04. The molecule has 1 saturated carbocycles. The Hall–Kier alpha value is -1.30. The van der Waals surface area contributed by atoms with Gasteiger partial charge >= 0.3 is 12.0 Å². The SMILES string of the molecule is COC(C)CNC(=O)NC1CCCCCC1C(=O)O. The molecule has 6 nitrogen and oxygen atoms in total. The van der Waals surface area contributed by atoms with Gasteiger partial charge in [0.15, 0.2) is 0 Å². The summed E-state index contributed by atoms with van der Waals surface area (Å²) in [5.74, 6) is -1.30. The molecule has 3 N–H and O–H groups in total. The first-order valence-corrected chi connectivity index (χ1v) is 6.84. The highest BCUT2D eigenvalue weighted by Gasteiger charge is 2.30. The van der Waals surface area contributed by atoms with Crippen molar-refractivity contribution in [2.75, 3.05) is 13.7 Å². The summed E-state index contributed by atoms with van der Waals surface area (Å²) in [5.41, 5.74) is 0. The first-order valence-electron chi connectivity index (χ1n) is 6.84. The Bertz CT molecular complexity index is 309. The summed E-state index contributed by atoms with van der Waals surface area (Å²) < 4.78 is 5.03. The fourth-order valence-electron chi connectivity index (χ4n) is 2.32. The van der Waals surface area contributed by atoms with E-state index in [2.05, 4.69) is 10.6 Å². The molecule has 0 bridgehead atoms. The van der Waals surface area contributed by atoms with E-state index in [4.69, 9.17) is 4.74 Å². The minimum atomic E-state index is -0.822. The Morgan fingerprint density at radius 3 is 2.63 bits per heavy atom. The number of aliphatic carboxylic acids is 1. The standard InChI is InChI=1S/C13H24N2O4/c1-9(19-2)8-14-13(18)15-11-7-5-3-4-6-10(11)12(16)17/h9-11H,3-8H2,1-2H3,(H,16,17)(H2,14,15,18). The summed E-state index contributed by atoms with van der Waals surface area (Å²) in [6.45, 7) is 2.26. The minimum absolute atomic E-state index is 0.0600. The van der Waals surface area contributed by atoms with Gasteiger partial charge in [-0.1, -0.05) is 19.3 Å². The molecular weight excluding hydrogens is 248 g/mol. The molecular formula is C13H24N2O4. The molecule has 2 amide bonds. The van der Waals surface area contributed by atoms with E-state index in [9.17, 15) is 14.7 Å². The number of rotatable bonds is 5. The van der Waals surface area contributed by atoms with Crippen molar-refractivity contribution in [2.45, 2.75) is 51.2 Å². The van der Waals surface area contributed by atoms with Crippen LogP contribution in [0.15, 0.2) is 0 Å². The van der Waals surface area contributed by atoms with Crippen LogP contribution >= 0.6 is 0 Å². The average Bonchev–Trinajstić information content (AvgIpc) is 2.61. The topological polar surface area (TPSA) is 87.7 Å². The van der Waals surface area contributed by atoms with Crippen LogP contribution in [0.3, 0.4) is 0 Å². The molecule has 0 spiro atoms. The van der Waals surface area contributed by atoms with Crippen LogP contribution in [0.5, 0.6) is 0 Å². The molecule has 0 aliphatic heterocycles. The molecule has 1 rings (SSSR count). The number of nitrogens with one attached hydrogen (secondary N) is 2. The fourth-order valence-corrected chi connectivity index (χ4v) is 2.32. The predicted molar refractivity (Wildman–Crippen MR) is 71.0 cm³/mol. The van der Waals surface area contributed by atoms with E-state index in [1.54, 1.807) is 7.11 Å². The van der Waals surface area contributed by atoms with Crippen LogP contribution in [0.4, 0.5) is 4.79 Å². The smallest absolute Gasteiger partial charge is 0.315 e. The lowest BCUT2D eigenvalue weighted by Crippen LogP contribution is -2.48. The zero-order valence-corrected chi connectivity index (χ0v) is 11.6. The van der Waals surface area contributed by atoms with Gasteiger partial charge in [-0.2, -0.15) is 0 Å². The van der Waals surface area contributed by atoms with Crippen molar-refractivity contribution in [1.82, 2.24) is 10.6 Å². The highest BCUT2D eigenvalue weighted by atomic mass is 16.5. The van der Waals surface area contributed by atoms with Gasteiger partial charge in [0, 0.05) is 19.7 Å². The van der Waals surface area contributed by atoms with Crippen LogP contribution in [0.1, 0.15) is 39.0 Å². The Kier molecular flexibility index (Phi) is 6.62. The van der Waals surface area contributed by atoms with Crippen molar-refractivity contribution >= 4 is 12.0 Å². The zero-order valence-electron chi connectivity index (χ0n) is 11.6. The lowest BCUT2D eigenvalue weighted by molar-refractivity contribution is -0.142. The fraction of sp³-hybridized carbons (Fsp3) is 0.846. The Morgan fingerprint density at radius 2 is 2.00 bits per heavy atom. The first kappa shape index (κ1) is 15.8. The second-order valence-electron chi connectivity index (χ2n) is 5.09. The number of carbonyl (C=O) groups is 2. The van der Waals surface area contributed by atoms with Gasteiger partial charge in [0.1, 0.15) is 0 Å². The molecule has 0 heterocycles. The molecule has 3 unspecified atom stereocenters. The summed E-state index contributed by atoms with van der Waals surface area (Å²) >= 11 is 0. The number of hydrogen-bond acceptors (Lipinski definition) is 3. The minimum Gasteiger partial charge on any atom is -0.481 e. The third-order valence-electron chi connectivity index (χ3n) is 3.60. The van der Waals surface area contributed by atoms with Gasteiger partial charge < -0.3 is 20.5 Å². The maximum Gasteiger partial charge on any atom is 0.315 e. The molecule has 0 saturated heterocycles. The van der Waals surface area contributed by atoms with E-state index in [0.29, 0.717) is 13.0 Å².